The Labute approximate surface area is 332 Å². The lowest BCUT2D eigenvalue weighted by molar-refractivity contribution is -0.123. The van der Waals surface area contributed by atoms with E-state index in [4.69, 9.17) is 0 Å². The number of allylic oxidation sites excluding steroid dienone is 4. The zero-order chi connectivity index (χ0) is 38.6. The number of aliphatic hydroxyl groups excluding tert-OH is 2. The van der Waals surface area contributed by atoms with Crippen LogP contribution in [0.5, 0.6) is 0 Å². The summed E-state index contributed by atoms with van der Waals surface area (Å²) in [5, 5.41) is 23.1. The van der Waals surface area contributed by atoms with E-state index in [1.54, 1.807) is 0 Å². The third-order valence-corrected chi connectivity index (χ3v) is 11.2. The number of hydrogen-bond donors (Lipinski definition) is 3. The van der Waals surface area contributed by atoms with E-state index >= 15 is 0 Å². The SMILES string of the molecule is CCCCCCC/C=C\C/C=C\CCCCCCCCCCCCCCCCCCCCCC(=O)NC(CO)C(O)CCCCCCCCCCCC. The van der Waals surface area contributed by atoms with E-state index in [1.165, 1.54) is 205 Å². The Kier molecular flexibility index (Phi) is 44.3. The molecule has 0 aliphatic rings. The topological polar surface area (TPSA) is 69.6 Å². The van der Waals surface area contributed by atoms with Crippen molar-refractivity contribution in [1.29, 1.82) is 0 Å². The maximum absolute atomic E-state index is 12.4. The number of aliphatic hydroxyl groups is 2. The third kappa shape index (κ3) is 41.9. The maximum Gasteiger partial charge on any atom is 0.220 e. The summed E-state index contributed by atoms with van der Waals surface area (Å²) in [7, 11) is 0. The van der Waals surface area contributed by atoms with Crippen LogP contribution in [0.1, 0.15) is 264 Å². The van der Waals surface area contributed by atoms with Crippen molar-refractivity contribution in [1.82, 2.24) is 5.32 Å². The minimum absolute atomic E-state index is 0.0296. The van der Waals surface area contributed by atoms with Gasteiger partial charge in [-0.2, -0.15) is 0 Å². The van der Waals surface area contributed by atoms with Gasteiger partial charge in [0.2, 0.25) is 5.91 Å². The first-order valence-corrected chi connectivity index (χ1v) is 24.0. The van der Waals surface area contributed by atoms with Crippen LogP contribution in [0.25, 0.3) is 0 Å². The van der Waals surface area contributed by atoms with Crippen molar-refractivity contribution in [2.45, 2.75) is 276 Å². The second-order valence-electron chi connectivity index (χ2n) is 16.5. The Morgan fingerprint density at radius 1 is 0.453 bits per heavy atom. The first kappa shape index (κ1) is 51.9. The number of rotatable bonds is 44. The van der Waals surface area contributed by atoms with Crippen LogP contribution < -0.4 is 5.32 Å². The van der Waals surface area contributed by atoms with E-state index in [-0.39, 0.29) is 12.5 Å². The third-order valence-electron chi connectivity index (χ3n) is 11.2. The van der Waals surface area contributed by atoms with Gasteiger partial charge in [-0.3, -0.25) is 4.79 Å². The second-order valence-corrected chi connectivity index (χ2v) is 16.5. The molecule has 0 radical (unpaired) electrons. The molecule has 0 aromatic rings. The molecule has 0 heterocycles. The average Bonchev–Trinajstić information content (AvgIpc) is 3.16. The highest BCUT2D eigenvalue weighted by molar-refractivity contribution is 5.76. The minimum Gasteiger partial charge on any atom is -0.394 e. The van der Waals surface area contributed by atoms with Gasteiger partial charge in [-0.15, -0.1) is 0 Å². The first-order valence-electron chi connectivity index (χ1n) is 24.0. The molecule has 0 bridgehead atoms. The molecule has 0 rings (SSSR count). The quantitative estimate of drug-likeness (QED) is 0.0430. The predicted molar refractivity (Wildman–Crippen MR) is 235 cm³/mol. The molecule has 2 atom stereocenters. The van der Waals surface area contributed by atoms with Crippen LogP contribution >= 0.6 is 0 Å². The number of carbonyl (C=O) groups is 1. The van der Waals surface area contributed by atoms with Crippen LogP contribution in [0, 0.1) is 0 Å². The van der Waals surface area contributed by atoms with Gasteiger partial charge in [-0.1, -0.05) is 237 Å². The van der Waals surface area contributed by atoms with Crippen molar-refractivity contribution in [3.63, 3.8) is 0 Å². The van der Waals surface area contributed by atoms with E-state index in [9.17, 15) is 15.0 Å². The summed E-state index contributed by atoms with van der Waals surface area (Å²) in [4.78, 5) is 12.4. The Bertz CT molecular complexity index is 765. The monoisotopic (exact) mass is 746 g/mol. The molecule has 4 heteroatoms. The van der Waals surface area contributed by atoms with E-state index in [2.05, 4.69) is 43.5 Å². The molecule has 0 spiro atoms. The van der Waals surface area contributed by atoms with E-state index in [0.29, 0.717) is 12.8 Å². The molecule has 1 amide bonds. The second kappa shape index (κ2) is 45.3. The lowest BCUT2D eigenvalue weighted by Gasteiger charge is -2.22. The molecule has 53 heavy (non-hydrogen) atoms. The van der Waals surface area contributed by atoms with Crippen LogP contribution in [-0.4, -0.2) is 34.9 Å². The largest absolute Gasteiger partial charge is 0.394 e. The Hall–Kier alpha value is -1.13. The molecule has 0 aliphatic heterocycles. The average molecular weight is 746 g/mol. The molecule has 314 valence electrons. The van der Waals surface area contributed by atoms with Crippen LogP contribution in [0.15, 0.2) is 24.3 Å². The molecule has 0 saturated carbocycles. The van der Waals surface area contributed by atoms with Crippen LogP contribution in [-0.2, 0) is 4.79 Å². The molecular formula is C49H95NO3. The molecule has 0 saturated heterocycles. The number of amides is 1. The van der Waals surface area contributed by atoms with Crippen LogP contribution in [0.3, 0.4) is 0 Å². The lowest BCUT2D eigenvalue weighted by atomic mass is 10.0. The highest BCUT2D eigenvalue weighted by Gasteiger charge is 2.20. The normalized spacial score (nSPS) is 13.1. The highest BCUT2D eigenvalue weighted by atomic mass is 16.3. The van der Waals surface area contributed by atoms with Gasteiger partial charge >= 0.3 is 0 Å². The van der Waals surface area contributed by atoms with Crippen LogP contribution in [0.2, 0.25) is 0 Å². The van der Waals surface area contributed by atoms with Gasteiger partial charge in [0.1, 0.15) is 0 Å². The summed E-state index contributed by atoms with van der Waals surface area (Å²) in [6.45, 7) is 4.34. The summed E-state index contributed by atoms with van der Waals surface area (Å²) in [6.07, 6.45) is 58.6. The summed E-state index contributed by atoms with van der Waals surface area (Å²) in [5.74, 6) is -0.0296. The van der Waals surface area contributed by atoms with Gasteiger partial charge < -0.3 is 15.5 Å². The Morgan fingerprint density at radius 2 is 0.774 bits per heavy atom. The molecule has 0 aromatic heterocycles. The summed E-state index contributed by atoms with van der Waals surface area (Å²) in [5.41, 5.74) is 0. The van der Waals surface area contributed by atoms with E-state index in [1.807, 2.05) is 0 Å². The molecule has 0 fully saturated rings. The highest BCUT2D eigenvalue weighted by Crippen LogP contribution is 2.16. The Morgan fingerprint density at radius 3 is 1.13 bits per heavy atom. The Balaban J connectivity index is 3.39. The smallest absolute Gasteiger partial charge is 0.220 e. The van der Waals surface area contributed by atoms with Crippen molar-refractivity contribution < 1.29 is 15.0 Å². The molecule has 2 unspecified atom stereocenters. The summed E-state index contributed by atoms with van der Waals surface area (Å²) in [6, 6.07) is -0.531. The standard InChI is InChI=1S/C49H95NO3/c1-3-5-7-9-11-13-15-16-17-18-19-20-21-22-23-24-25-26-27-28-29-30-31-32-33-34-35-37-39-41-43-45-49(53)50-47(46-51)48(52)44-42-40-38-36-14-12-10-8-6-4-2/h15-16,18-19,47-48,51-52H,3-14,17,20-46H2,1-2H3,(H,50,53)/b16-15-,19-18-. The molecule has 0 aliphatic carbocycles. The van der Waals surface area contributed by atoms with Crippen molar-refractivity contribution in [3.8, 4) is 0 Å². The molecule has 4 nitrogen and oxygen atoms in total. The fourth-order valence-corrected chi connectivity index (χ4v) is 7.51. The molecule has 3 N–H and O–H groups in total. The van der Waals surface area contributed by atoms with E-state index in [0.717, 1.165) is 32.1 Å². The van der Waals surface area contributed by atoms with Gasteiger partial charge in [0, 0.05) is 6.42 Å². The zero-order valence-electron chi connectivity index (χ0n) is 36.1. The van der Waals surface area contributed by atoms with Crippen molar-refractivity contribution in [3.05, 3.63) is 24.3 Å². The van der Waals surface area contributed by atoms with Gasteiger partial charge in [-0.05, 0) is 44.9 Å². The zero-order valence-corrected chi connectivity index (χ0v) is 36.1. The van der Waals surface area contributed by atoms with E-state index < -0.39 is 12.1 Å². The van der Waals surface area contributed by atoms with Crippen molar-refractivity contribution in [2.24, 2.45) is 0 Å². The van der Waals surface area contributed by atoms with Gasteiger partial charge in [-0.25, -0.2) is 0 Å². The number of nitrogens with one attached hydrogen (secondary N) is 1. The first-order chi connectivity index (χ1) is 26.2. The summed E-state index contributed by atoms with van der Waals surface area (Å²) >= 11 is 0. The maximum atomic E-state index is 12.4. The van der Waals surface area contributed by atoms with Gasteiger partial charge in [0.25, 0.3) is 0 Å². The van der Waals surface area contributed by atoms with Crippen molar-refractivity contribution >= 4 is 5.91 Å². The minimum atomic E-state index is -0.654. The fourth-order valence-electron chi connectivity index (χ4n) is 7.51. The van der Waals surface area contributed by atoms with Gasteiger partial charge in [0.15, 0.2) is 0 Å². The van der Waals surface area contributed by atoms with Crippen molar-refractivity contribution in [2.75, 3.05) is 6.61 Å². The van der Waals surface area contributed by atoms with Crippen LogP contribution in [0.4, 0.5) is 0 Å². The number of unbranched alkanes of at least 4 members (excludes halogenated alkanes) is 33. The number of hydrogen-bond acceptors (Lipinski definition) is 3. The van der Waals surface area contributed by atoms with Gasteiger partial charge in [0.05, 0.1) is 18.8 Å². The molecular weight excluding hydrogens is 651 g/mol. The summed E-state index contributed by atoms with van der Waals surface area (Å²) < 4.78 is 0. The lowest BCUT2D eigenvalue weighted by Crippen LogP contribution is -2.45. The molecule has 0 aromatic carbocycles. The number of carbonyl (C=O) groups excluding carboxylic acids is 1. The predicted octanol–water partition coefficient (Wildman–Crippen LogP) is 15.2. The fraction of sp³-hybridized carbons (Fsp3) is 0.898.